The zero-order chi connectivity index (χ0) is 14.1. The van der Waals surface area contributed by atoms with Crippen LogP contribution in [0.15, 0.2) is 42.7 Å². The molecule has 2 N–H and O–H groups in total. The Hall–Kier alpha value is -1.91. The third kappa shape index (κ3) is 2.28. The van der Waals surface area contributed by atoms with Crippen molar-refractivity contribution in [3.63, 3.8) is 0 Å². The van der Waals surface area contributed by atoms with E-state index in [4.69, 9.17) is 17.3 Å². The summed E-state index contributed by atoms with van der Waals surface area (Å²) in [5.74, 6) is -0.409. The van der Waals surface area contributed by atoms with Crippen molar-refractivity contribution in [2.75, 3.05) is 0 Å². The standard InChI is InChI=1S/C15H13ClFN3/c16-13-6-10(3-4-14(13)17)8-20-9-11(7-18)12-2-1-5-19-15(12)20/h1-6,9H,7-8,18H2. The summed E-state index contributed by atoms with van der Waals surface area (Å²) in [5.41, 5.74) is 8.59. The summed E-state index contributed by atoms with van der Waals surface area (Å²) >= 11 is 5.81. The number of hydrogen-bond donors (Lipinski definition) is 1. The van der Waals surface area contributed by atoms with Crippen LogP contribution in [0.5, 0.6) is 0 Å². The van der Waals surface area contributed by atoms with Crippen LogP contribution in [0.25, 0.3) is 11.0 Å². The summed E-state index contributed by atoms with van der Waals surface area (Å²) in [6, 6.07) is 8.62. The number of nitrogens with zero attached hydrogens (tertiary/aromatic N) is 2. The second-order valence-corrected chi connectivity index (χ2v) is 5.02. The number of fused-ring (bicyclic) bond motifs is 1. The summed E-state index contributed by atoms with van der Waals surface area (Å²) in [4.78, 5) is 4.39. The molecule has 2 aromatic heterocycles. The topological polar surface area (TPSA) is 43.8 Å². The number of halogens is 2. The Morgan fingerprint density at radius 3 is 2.90 bits per heavy atom. The van der Waals surface area contributed by atoms with E-state index in [-0.39, 0.29) is 5.02 Å². The van der Waals surface area contributed by atoms with Crippen molar-refractivity contribution >= 4 is 22.6 Å². The quantitative estimate of drug-likeness (QED) is 0.804. The molecule has 0 spiro atoms. The average Bonchev–Trinajstić information content (AvgIpc) is 2.81. The van der Waals surface area contributed by atoms with E-state index in [1.54, 1.807) is 18.3 Å². The van der Waals surface area contributed by atoms with Gasteiger partial charge in [0, 0.05) is 30.9 Å². The molecule has 0 bridgehead atoms. The van der Waals surface area contributed by atoms with Gasteiger partial charge in [-0.2, -0.15) is 0 Å². The van der Waals surface area contributed by atoms with Crippen molar-refractivity contribution in [1.29, 1.82) is 0 Å². The first-order valence-electron chi connectivity index (χ1n) is 6.26. The van der Waals surface area contributed by atoms with Crippen molar-refractivity contribution in [1.82, 2.24) is 9.55 Å². The predicted molar refractivity (Wildman–Crippen MR) is 78.1 cm³/mol. The van der Waals surface area contributed by atoms with Crippen LogP contribution in [0, 0.1) is 5.82 Å². The first-order valence-corrected chi connectivity index (χ1v) is 6.63. The second kappa shape index (κ2) is 5.23. The molecule has 0 unspecified atom stereocenters. The first kappa shape index (κ1) is 13.1. The smallest absolute Gasteiger partial charge is 0.141 e. The molecule has 3 aromatic rings. The molecule has 5 heteroatoms. The van der Waals surface area contributed by atoms with Crippen LogP contribution >= 0.6 is 11.6 Å². The van der Waals surface area contributed by atoms with E-state index in [1.807, 2.05) is 22.9 Å². The first-order chi connectivity index (χ1) is 9.69. The van der Waals surface area contributed by atoms with Gasteiger partial charge in [0.1, 0.15) is 11.5 Å². The molecular formula is C15H13ClFN3. The van der Waals surface area contributed by atoms with Crippen LogP contribution in [-0.2, 0) is 13.1 Å². The maximum absolute atomic E-state index is 13.2. The maximum atomic E-state index is 13.2. The van der Waals surface area contributed by atoms with E-state index in [1.165, 1.54) is 6.07 Å². The minimum atomic E-state index is -0.409. The molecule has 0 atom stereocenters. The molecule has 3 rings (SSSR count). The van der Waals surface area contributed by atoms with Crippen molar-refractivity contribution in [2.45, 2.75) is 13.1 Å². The summed E-state index contributed by atoms with van der Waals surface area (Å²) in [7, 11) is 0. The van der Waals surface area contributed by atoms with Gasteiger partial charge in [-0.1, -0.05) is 17.7 Å². The monoisotopic (exact) mass is 289 g/mol. The van der Waals surface area contributed by atoms with E-state index in [0.29, 0.717) is 13.1 Å². The normalized spacial score (nSPS) is 11.2. The average molecular weight is 290 g/mol. The van der Waals surface area contributed by atoms with Gasteiger partial charge in [-0.25, -0.2) is 9.37 Å². The summed E-state index contributed by atoms with van der Waals surface area (Å²) in [6.07, 6.45) is 3.73. The number of hydrogen-bond acceptors (Lipinski definition) is 2. The number of pyridine rings is 1. The Balaban J connectivity index is 2.04. The van der Waals surface area contributed by atoms with Crippen LogP contribution in [-0.4, -0.2) is 9.55 Å². The third-order valence-electron chi connectivity index (χ3n) is 3.27. The molecule has 0 saturated carbocycles. The summed E-state index contributed by atoms with van der Waals surface area (Å²) < 4.78 is 15.2. The van der Waals surface area contributed by atoms with E-state index in [0.717, 1.165) is 22.2 Å². The molecule has 0 radical (unpaired) electrons. The maximum Gasteiger partial charge on any atom is 0.141 e. The van der Waals surface area contributed by atoms with Gasteiger partial charge in [-0.3, -0.25) is 0 Å². The Morgan fingerprint density at radius 2 is 2.15 bits per heavy atom. The van der Waals surface area contributed by atoms with Gasteiger partial charge >= 0.3 is 0 Å². The lowest BCUT2D eigenvalue weighted by atomic mass is 10.2. The molecule has 0 aliphatic rings. The molecule has 0 fully saturated rings. The van der Waals surface area contributed by atoms with E-state index in [2.05, 4.69) is 4.98 Å². The highest BCUT2D eigenvalue weighted by Crippen LogP contribution is 2.22. The van der Waals surface area contributed by atoms with Crippen LogP contribution in [0.3, 0.4) is 0 Å². The molecule has 1 aromatic carbocycles. The fraction of sp³-hybridized carbons (Fsp3) is 0.133. The van der Waals surface area contributed by atoms with Crippen LogP contribution in [0.2, 0.25) is 5.02 Å². The Bertz CT molecular complexity index is 767. The van der Waals surface area contributed by atoms with Crippen LogP contribution in [0.1, 0.15) is 11.1 Å². The second-order valence-electron chi connectivity index (χ2n) is 4.61. The van der Waals surface area contributed by atoms with Gasteiger partial charge in [0.15, 0.2) is 0 Å². The molecule has 0 aliphatic carbocycles. The lowest BCUT2D eigenvalue weighted by molar-refractivity contribution is 0.627. The minimum Gasteiger partial charge on any atom is -0.328 e. The molecular weight excluding hydrogens is 277 g/mol. The zero-order valence-corrected chi connectivity index (χ0v) is 11.4. The van der Waals surface area contributed by atoms with Crippen LogP contribution in [0.4, 0.5) is 4.39 Å². The van der Waals surface area contributed by atoms with E-state index in [9.17, 15) is 4.39 Å². The number of rotatable bonds is 3. The van der Waals surface area contributed by atoms with Gasteiger partial charge in [0.05, 0.1) is 5.02 Å². The minimum absolute atomic E-state index is 0.131. The van der Waals surface area contributed by atoms with Gasteiger partial charge < -0.3 is 10.3 Å². The Morgan fingerprint density at radius 1 is 1.30 bits per heavy atom. The molecule has 0 saturated heterocycles. The molecule has 3 nitrogen and oxygen atoms in total. The highest BCUT2D eigenvalue weighted by Gasteiger charge is 2.09. The Kier molecular flexibility index (Phi) is 3.42. The van der Waals surface area contributed by atoms with Crippen molar-refractivity contribution in [3.05, 3.63) is 64.7 Å². The molecule has 20 heavy (non-hydrogen) atoms. The van der Waals surface area contributed by atoms with E-state index >= 15 is 0 Å². The summed E-state index contributed by atoms with van der Waals surface area (Å²) in [5, 5.41) is 1.18. The van der Waals surface area contributed by atoms with Crippen molar-refractivity contribution < 1.29 is 4.39 Å². The zero-order valence-electron chi connectivity index (χ0n) is 10.7. The SMILES string of the molecule is NCc1cn(Cc2ccc(F)c(Cl)c2)c2ncccc12. The van der Waals surface area contributed by atoms with Gasteiger partial charge in [-0.05, 0) is 35.4 Å². The molecule has 0 amide bonds. The molecule has 2 heterocycles. The highest BCUT2D eigenvalue weighted by atomic mass is 35.5. The third-order valence-corrected chi connectivity index (χ3v) is 3.56. The van der Waals surface area contributed by atoms with Gasteiger partial charge in [0.25, 0.3) is 0 Å². The fourth-order valence-corrected chi connectivity index (χ4v) is 2.52. The largest absolute Gasteiger partial charge is 0.328 e. The van der Waals surface area contributed by atoms with Crippen LogP contribution < -0.4 is 5.73 Å². The number of benzene rings is 1. The lowest BCUT2D eigenvalue weighted by Gasteiger charge is -2.05. The van der Waals surface area contributed by atoms with Gasteiger partial charge in [-0.15, -0.1) is 0 Å². The predicted octanol–water partition coefficient (Wildman–Crippen LogP) is 3.34. The lowest BCUT2D eigenvalue weighted by Crippen LogP contribution is -2.00. The van der Waals surface area contributed by atoms with Crippen molar-refractivity contribution in [3.8, 4) is 0 Å². The Labute approximate surface area is 120 Å². The van der Waals surface area contributed by atoms with Gasteiger partial charge in [0.2, 0.25) is 0 Å². The highest BCUT2D eigenvalue weighted by molar-refractivity contribution is 6.30. The fourth-order valence-electron chi connectivity index (χ4n) is 2.31. The van der Waals surface area contributed by atoms with E-state index < -0.39 is 5.82 Å². The molecule has 0 aliphatic heterocycles. The summed E-state index contributed by atoms with van der Waals surface area (Å²) in [6.45, 7) is 1.03. The molecule has 102 valence electrons. The number of nitrogens with two attached hydrogens (primary N) is 1. The van der Waals surface area contributed by atoms with Crippen molar-refractivity contribution in [2.24, 2.45) is 5.73 Å². The number of aromatic nitrogens is 2.